The highest BCUT2D eigenvalue weighted by molar-refractivity contribution is 6.33. The molecule has 0 fully saturated rings. The summed E-state index contributed by atoms with van der Waals surface area (Å²) < 4.78 is 52.5. The van der Waals surface area contributed by atoms with E-state index in [9.17, 15) is 17.6 Å². The molecule has 1 radical (unpaired) electrons. The molecule has 0 aliphatic carbocycles. The predicted molar refractivity (Wildman–Crippen MR) is 55.6 cm³/mol. The monoisotopic (exact) mass is 259 g/mol. The highest BCUT2D eigenvalue weighted by atomic mass is 35.5. The van der Waals surface area contributed by atoms with E-state index in [1.165, 1.54) is 0 Å². The van der Waals surface area contributed by atoms with Crippen LogP contribution in [0.1, 0.15) is 0 Å². The molecule has 2 aromatic carbocycles. The smallest absolute Gasteiger partial charge is 0.136 e. The second kappa shape index (κ2) is 4.37. The van der Waals surface area contributed by atoms with E-state index < -0.39 is 28.8 Å². The summed E-state index contributed by atoms with van der Waals surface area (Å²) in [7, 11) is 0. The Labute approximate surface area is 99.5 Å². The van der Waals surface area contributed by atoms with Crippen LogP contribution in [-0.4, -0.2) is 0 Å². The lowest BCUT2D eigenvalue weighted by Crippen LogP contribution is -1.94. The molecule has 0 bridgehead atoms. The Morgan fingerprint density at radius 3 is 2.12 bits per heavy atom. The Bertz CT molecular complexity index is 558. The molecule has 0 spiro atoms. The van der Waals surface area contributed by atoms with E-state index in [1.807, 2.05) is 0 Å². The minimum absolute atomic E-state index is 0.0733. The van der Waals surface area contributed by atoms with E-state index in [2.05, 4.69) is 6.07 Å². The number of hydrogen-bond acceptors (Lipinski definition) is 0. The molecule has 0 N–H and O–H groups in total. The van der Waals surface area contributed by atoms with Crippen molar-refractivity contribution in [1.82, 2.24) is 0 Å². The van der Waals surface area contributed by atoms with Gasteiger partial charge in [-0.15, -0.1) is 0 Å². The first-order valence-corrected chi connectivity index (χ1v) is 4.88. The predicted octanol–water partition coefficient (Wildman–Crippen LogP) is 4.36. The second-order valence-electron chi connectivity index (χ2n) is 3.29. The summed E-state index contributed by atoms with van der Waals surface area (Å²) in [5.41, 5.74) is -0.748. The summed E-state index contributed by atoms with van der Waals surface area (Å²) >= 11 is 5.69. The quantitative estimate of drug-likeness (QED) is 0.668. The number of benzene rings is 2. The molecule has 2 aromatic rings. The van der Waals surface area contributed by atoms with Crippen molar-refractivity contribution in [3.05, 3.63) is 58.6 Å². The first-order chi connectivity index (χ1) is 7.99. The van der Waals surface area contributed by atoms with E-state index >= 15 is 0 Å². The lowest BCUT2D eigenvalue weighted by atomic mass is 10.0. The molecule has 5 heteroatoms. The van der Waals surface area contributed by atoms with Gasteiger partial charge < -0.3 is 0 Å². The Kier molecular flexibility index (Phi) is 3.07. The average molecular weight is 260 g/mol. The van der Waals surface area contributed by atoms with E-state index in [1.54, 1.807) is 0 Å². The number of hydrogen-bond donors (Lipinski definition) is 0. The summed E-state index contributed by atoms with van der Waals surface area (Å²) in [6.45, 7) is 0. The standard InChI is InChI=1S/C12H4ClF4/c13-9-2-1-6(14)3-8(9)12-10(16)4-7(15)5-11(12)17/h2-5H. The molecule has 0 aromatic heterocycles. The van der Waals surface area contributed by atoms with Crippen LogP contribution in [-0.2, 0) is 0 Å². The van der Waals surface area contributed by atoms with Gasteiger partial charge >= 0.3 is 0 Å². The topological polar surface area (TPSA) is 0 Å². The highest BCUT2D eigenvalue weighted by Gasteiger charge is 2.16. The van der Waals surface area contributed by atoms with Gasteiger partial charge in [0, 0.05) is 28.8 Å². The van der Waals surface area contributed by atoms with Crippen molar-refractivity contribution in [3.8, 4) is 11.1 Å². The Morgan fingerprint density at radius 2 is 1.53 bits per heavy atom. The lowest BCUT2D eigenvalue weighted by Gasteiger charge is -2.07. The first kappa shape index (κ1) is 11.9. The second-order valence-corrected chi connectivity index (χ2v) is 3.69. The number of rotatable bonds is 1. The van der Waals surface area contributed by atoms with Gasteiger partial charge in [-0.2, -0.15) is 0 Å². The minimum Gasteiger partial charge on any atom is -0.207 e. The van der Waals surface area contributed by atoms with Crippen molar-refractivity contribution in [2.45, 2.75) is 0 Å². The van der Waals surface area contributed by atoms with Gasteiger partial charge in [0.2, 0.25) is 0 Å². The summed E-state index contributed by atoms with van der Waals surface area (Å²) in [6.07, 6.45) is 0. The van der Waals surface area contributed by atoms with Crippen molar-refractivity contribution < 1.29 is 17.6 Å². The molecule has 0 saturated heterocycles. The SMILES string of the molecule is Fc1[c]cc(Cl)c(-c2c(F)cc(F)cc2F)c1. The van der Waals surface area contributed by atoms with E-state index in [4.69, 9.17) is 11.6 Å². The minimum atomic E-state index is -1.14. The maximum absolute atomic E-state index is 13.4. The normalized spacial score (nSPS) is 10.6. The van der Waals surface area contributed by atoms with Gasteiger partial charge in [0.25, 0.3) is 0 Å². The zero-order valence-electron chi connectivity index (χ0n) is 8.20. The molecule has 87 valence electrons. The average Bonchev–Trinajstić information content (AvgIpc) is 2.21. The molecule has 0 unspecified atom stereocenters. The van der Waals surface area contributed by atoms with E-state index in [-0.39, 0.29) is 10.6 Å². The van der Waals surface area contributed by atoms with Crippen LogP contribution in [0.2, 0.25) is 5.02 Å². The van der Waals surface area contributed by atoms with E-state index in [0.29, 0.717) is 12.1 Å². The van der Waals surface area contributed by atoms with Crippen LogP contribution in [0.4, 0.5) is 17.6 Å². The third-order valence-electron chi connectivity index (χ3n) is 2.14. The fourth-order valence-electron chi connectivity index (χ4n) is 1.44. The summed E-state index contributed by atoms with van der Waals surface area (Å²) in [6, 6.07) is 5.03. The van der Waals surface area contributed by atoms with Gasteiger partial charge in [0.05, 0.1) is 5.56 Å². The van der Waals surface area contributed by atoms with Crippen molar-refractivity contribution in [3.63, 3.8) is 0 Å². The molecular formula is C12H4ClF4. The zero-order chi connectivity index (χ0) is 12.6. The molecule has 0 saturated carbocycles. The van der Waals surface area contributed by atoms with Crippen molar-refractivity contribution in [2.24, 2.45) is 0 Å². The molecule has 17 heavy (non-hydrogen) atoms. The van der Waals surface area contributed by atoms with Crippen LogP contribution in [0.15, 0.2) is 24.3 Å². The van der Waals surface area contributed by atoms with Crippen LogP contribution in [0.3, 0.4) is 0 Å². The Balaban J connectivity index is 2.72. The number of halogens is 5. The fourth-order valence-corrected chi connectivity index (χ4v) is 1.64. The van der Waals surface area contributed by atoms with Crippen LogP contribution < -0.4 is 0 Å². The van der Waals surface area contributed by atoms with Gasteiger partial charge in [-0.05, 0) is 12.1 Å². The molecule has 0 nitrogen and oxygen atoms in total. The molecular weight excluding hydrogens is 256 g/mol. The van der Waals surface area contributed by atoms with Crippen molar-refractivity contribution in [1.29, 1.82) is 0 Å². The largest absolute Gasteiger partial charge is 0.207 e. The van der Waals surface area contributed by atoms with Gasteiger partial charge in [0.1, 0.15) is 23.3 Å². The zero-order valence-corrected chi connectivity index (χ0v) is 8.96. The maximum Gasteiger partial charge on any atom is 0.136 e. The van der Waals surface area contributed by atoms with Gasteiger partial charge in [-0.25, -0.2) is 17.6 Å². The van der Waals surface area contributed by atoms with Crippen molar-refractivity contribution >= 4 is 11.6 Å². The van der Waals surface area contributed by atoms with Gasteiger partial charge in [-0.3, -0.25) is 0 Å². The first-order valence-electron chi connectivity index (χ1n) is 4.50. The van der Waals surface area contributed by atoms with Gasteiger partial charge in [0.15, 0.2) is 0 Å². The summed E-state index contributed by atoms with van der Waals surface area (Å²) in [4.78, 5) is 0. The molecule has 0 amide bonds. The summed E-state index contributed by atoms with van der Waals surface area (Å²) in [5.74, 6) is -4.15. The molecule has 0 aliphatic rings. The third kappa shape index (κ3) is 2.26. The Morgan fingerprint density at radius 1 is 0.941 bits per heavy atom. The van der Waals surface area contributed by atoms with Gasteiger partial charge in [-0.1, -0.05) is 11.6 Å². The van der Waals surface area contributed by atoms with Crippen LogP contribution in [0, 0.1) is 29.3 Å². The van der Waals surface area contributed by atoms with Crippen LogP contribution >= 0.6 is 11.6 Å². The molecule has 2 rings (SSSR count). The Hall–Kier alpha value is -1.55. The van der Waals surface area contributed by atoms with Crippen molar-refractivity contribution in [2.75, 3.05) is 0 Å². The van der Waals surface area contributed by atoms with E-state index in [0.717, 1.165) is 12.1 Å². The van der Waals surface area contributed by atoms with Crippen LogP contribution in [0.25, 0.3) is 11.1 Å². The third-order valence-corrected chi connectivity index (χ3v) is 2.45. The maximum atomic E-state index is 13.4. The lowest BCUT2D eigenvalue weighted by molar-refractivity contribution is 0.548. The molecule has 0 atom stereocenters. The summed E-state index contributed by atoms with van der Waals surface area (Å²) in [5, 5.41) is -0.0733. The molecule has 0 heterocycles. The fraction of sp³-hybridized carbons (Fsp3) is 0. The molecule has 0 aliphatic heterocycles. The van der Waals surface area contributed by atoms with Crippen LogP contribution in [0.5, 0.6) is 0 Å². The highest BCUT2D eigenvalue weighted by Crippen LogP contribution is 2.32.